The summed E-state index contributed by atoms with van der Waals surface area (Å²) in [6.45, 7) is 4.97. The van der Waals surface area contributed by atoms with Crippen LogP contribution in [-0.2, 0) is 27.8 Å². The lowest BCUT2D eigenvalue weighted by molar-refractivity contribution is -0.0502. The Balaban J connectivity index is 2.05. The molecule has 2 heterocycles. The zero-order valence-electron chi connectivity index (χ0n) is 17.8. The van der Waals surface area contributed by atoms with Gasteiger partial charge in [-0.25, -0.2) is 4.79 Å². The van der Waals surface area contributed by atoms with Crippen LogP contribution in [0.15, 0.2) is 24.3 Å². The molecule has 0 spiro atoms. The van der Waals surface area contributed by atoms with Crippen LogP contribution in [0, 0.1) is 0 Å². The van der Waals surface area contributed by atoms with Crippen LogP contribution < -0.4 is 8.92 Å². The van der Waals surface area contributed by atoms with Crippen LogP contribution in [0.25, 0.3) is 5.69 Å². The molecule has 3 rings (SSSR count). The first-order chi connectivity index (χ1) is 14.7. The maximum absolute atomic E-state index is 13.0. The van der Waals surface area contributed by atoms with Gasteiger partial charge in [0.2, 0.25) is 5.88 Å². The largest absolute Gasteiger partial charge is 0.534 e. The second kappa shape index (κ2) is 8.19. The smallest absolute Gasteiger partial charge is 0.497 e. The van der Waals surface area contributed by atoms with Crippen LogP contribution in [0.2, 0.25) is 0 Å². The van der Waals surface area contributed by atoms with Crippen molar-refractivity contribution in [2.45, 2.75) is 44.8 Å². The fourth-order valence-electron chi connectivity index (χ4n) is 2.97. The average molecular weight is 477 g/mol. The van der Waals surface area contributed by atoms with E-state index in [1.807, 2.05) is 0 Å². The first kappa shape index (κ1) is 23.7. The molecular formula is C19H22F3N3O6S. The van der Waals surface area contributed by atoms with E-state index in [1.165, 1.54) is 36.3 Å². The van der Waals surface area contributed by atoms with Gasteiger partial charge >= 0.3 is 21.7 Å². The molecule has 176 valence electrons. The van der Waals surface area contributed by atoms with E-state index in [2.05, 4.69) is 9.28 Å². The molecule has 1 aliphatic heterocycles. The number of carbonyl (C=O) groups is 1. The SMILES string of the molecule is COc1ccc(-n2nc3c(c2OS(=O)(=O)C(F)(F)F)CN(C(=O)OC(C)(C)C)CC3)cc1. The number of benzene rings is 1. The minimum atomic E-state index is -5.98. The highest BCUT2D eigenvalue weighted by molar-refractivity contribution is 7.88. The molecule has 1 aromatic heterocycles. The Hall–Kier alpha value is -2.96. The lowest BCUT2D eigenvalue weighted by Gasteiger charge is -2.29. The summed E-state index contributed by atoms with van der Waals surface area (Å²) in [6, 6.07) is 6.03. The third-order valence-electron chi connectivity index (χ3n) is 4.43. The van der Waals surface area contributed by atoms with Gasteiger partial charge in [-0.05, 0) is 45.0 Å². The standard InChI is InChI=1S/C19H22F3N3O6S/c1-18(2,3)30-17(26)24-10-9-15-14(11-24)16(31-32(27,28)19(20,21)22)25(23-15)12-5-7-13(29-4)8-6-12/h5-8H,9-11H2,1-4H3. The molecular weight excluding hydrogens is 455 g/mol. The maximum Gasteiger partial charge on any atom is 0.534 e. The molecule has 0 fully saturated rings. The highest BCUT2D eigenvalue weighted by Gasteiger charge is 2.50. The summed E-state index contributed by atoms with van der Waals surface area (Å²) < 4.78 is 78.5. The van der Waals surface area contributed by atoms with Crippen molar-refractivity contribution in [2.75, 3.05) is 13.7 Å². The number of hydrogen-bond acceptors (Lipinski definition) is 7. The van der Waals surface area contributed by atoms with Crippen molar-refractivity contribution in [1.29, 1.82) is 0 Å². The molecule has 0 N–H and O–H groups in total. The van der Waals surface area contributed by atoms with Crippen molar-refractivity contribution in [3.63, 3.8) is 0 Å². The average Bonchev–Trinajstić information content (AvgIpc) is 3.03. The molecule has 13 heteroatoms. The van der Waals surface area contributed by atoms with Crippen LogP contribution in [0.1, 0.15) is 32.0 Å². The summed E-state index contributed by atoms with van der Waals surface area (Å²) in [5.74, 6) is -0.164. The second-order valence-electron chi connectivity index (χ2n) is 7.98. The topological polar surface area (TPSA) is 100.0 Å². The Morgan fingerprint density at radius 3 is 2.28 bits per heavy atom. The van der Waals surface area contributed by atoms with Crippen molar-refractivity contribution >= 4 is 16.2 Å². The van der Waals surface area contributed by atoms with Gasteiger partial charge in [0.15, 0.2) is 0 Å². The molecule has 0 saturated carbocycles. The van der Waals surface area contributed by atoms with Crippen molar-refractivity contribution in [3.05, 3.63) is 35.5 Å². The summed E-state index contributed by atoms with van der Waals surface area (Å²) in [5.41, 5.74) is -5.83. The van der Waals surface area contributed by atoms with Gasteiger partial charge in [-0.3, -0.25) is 0 Å². The minimum absolute atomic E-state index is 0.0470. The van der Waals surface area contributed by atoms with Crippen LogP contribution >= 0.6 is 0 Å². The van der Waals surface area contributed by atoms with Crippen molar-refractivity contribution in [3.8, 4) is 17.3 Å². The summed E-state index contributed by atoms with van der Waals surface area (Å²) in [4.78, 5) is 13.7. The number of carbonyl (C=O) groups excluding carboxylic acids is 1. The van der Waals surface area contributed by atoms with Crippen molar-refractivity contribution in [2.24, 2.45) is 0 Å². The summed E-state index contributed by atoms with van der Waals surface area (Å²) >= 11 is 0. The lowest BCUT2D eigenvalue weighted by Crippen LogP contribution is -2.40. The van der Waals surface area contributed by atoms with E-state index < -0.39 is 33.2 Å². The molecule has 2 aromatic rings. The van der Waals surface area contributed by atoms with Crippen molar-refractivity contribution < 1.29 is 40.0 Å². The molecule has 0 unspecified atom stereocenters. The molecule has 1 aliphatic rings. The molecule has 0 bridgehead atoms. The van der Waals surface area contributed by atoms with Gasteiger partial charge in [-0.1, -0.05) is 0 Å². The zero-order valence-corrected chi connectivity index (χ0v) is 18.6. The van der Waals surface area contributed by atoms with Gasteiger partial charge in [0.05, 0.1) is 30.6 Å². The van der Waals surface area contributed by atoms with Crippen LogP contribution in [0.5, 0.6) is 11.6 Å². The minimum Gasteiger partial charge on any atom is -0.497 e. The second-order valence-corrected chi connectivity index (χ2v) is 9.51. The van der Waals surface area contributed by atoms with E-state index in [-0.39, 0.29) is 30.8 Å². The van der Waals surface area contributed by atoms with E-state index in [1.54, 1.807) is 20.8 Å². The molecule has 0 atom stereocenters. The third kappa shape index (κ3) is 4.92. The van der Waals surface area contributed by atoms with Gasteiger partial charge < -0.3 is 18.6 Å². The Morgan fingerprint density at radius 2 is 1.75 bits per heavy atom. The van der Waals surface area contributed by atoms with E-state index in [0.29, 0.717) is 11.4 Å². The Bertz CT molecular complexity index is 1110. The number of alkyl halides is 3. The fraction of sp³-hybridized carbons (Fsp3) is 0.474. The molecule has 1 amide bonds. The van der Waals surface area contributed by atoms with E-state index in [0.717, 1.165) is 4.68 Å². The summed E-state index contributed by atoms with van der Waals surface area (Å²) in [6.07, 6.45) is -0.523. The number of nitrogens with zero attached hydrogens (tertiary/aromatic N) is 3. The maximum atomic E-state index is 13.0. The normalized spacial score (nSPS) is 14.7. The molecule has 9 nitrogen and oxygen atoms in total. The highest BCUT2D eigenvalue weighted by Crippen LogP contribution is 2.35. The third-order valence-corrected chi connectivity index (χ3v) is 5.37. The quantitative estimate of drug-likeness (QED) is 0.492. The Kier molecular flexibility index (Phi) is 6.06. The van der Waals surface area contributed by atoms with Gasteiger partial charge in [0, 0.05) is 13.0 Å². The van der Waals surface area contributed by atoms with Crippen molar-refractivity contribution in [1.82, 2.24) is 14.7 Å². The number of rotatable bonds is 4. The number of ether oxygens (including phenoxy) is 2. The van der Waals surface area contributed by atoms with E-state index >= 15 is 0 Å². The fourth-order valence-corrected chi connectivity index (χ4v) is 3.44. The molecule has 1 aromatic carbocycles. The first-order valence-electron chi connectivity index (χ1n) is 9.46. The first-order valence-corrected chi connectivity index (χ1v) is 10.9. The number of methoxy groups -OCH3 is 1. The molecule has 0 aliphatic carbocycles. The monoisotopic (exact) mass is 477 g/mol. The zero-order chi connectivity index (χ0) is 23.9. The number of amides is 1. The van der Waals surface area contributed by atoms with Crippen LogP contribution in [0.4, 0.5) is 18.0 Å². The van der Waals surface area contributed by atoms with Gasteiger partial charge in [0.25, 0.3) is 0 Å². The van der Waals surface area contributed by atoms with E-state index in [9.17, 15) is 26.4 Å². The molecule has 0 radical (unpaired) electrons. The van der Waals surface area contributed by atoms with Crippen LogP contribution in [0.3, 0.4) is 0 Å². The summed E-state index contributed by atoms with van der Waals surface area (Å²) in [7, 11) is -4.54. The number of hydrogen-bond donors (Lipinski definition) is 0. The van der Waals surface area contributed by atoms with E-state index in [4.69, 9.17) is 9.47 Å². The molecule has 32 heavy (non-hydrogen) atoms. The van der Waals surface area contributed by atoms with Gasteiger partial charge in [-0.2, -0.15) is 31.4 Å². The Morgan fingerprint density at radius 1 is 1.12 bits per heavy atom. The number of halogens is 3. The summed E-state index contributed by atoms with van der Waals surface area (Å²) in [5, 5.41) is 4.25. The molecule has 0 saturated heterocycles. The predicted octanol–water partition coefficient (Wildman–Crippen LogP) is 3.40. The van der Waals surface area contributed by atoms with Crippen LogP contribution in [-0.4, -0.2) is 54.0 Å². The number of fused-ring (bicyclic) bond motifs is 1. The van der Waals surface area contributed by atoms with Gasteiger partial charge in [0.1, 0.15) is 11.4 Å². The lowest BCUT2D eigenvalue weighted by atomic mass is 10.1. The predicted molar refractivity (Wildman–Crippen MR) is 106 cm³/mol. The number of aromatic nitrogens is 2. The van der Waals surface area contributed by atoms with Gasteiger partial charge in [-0.15, -0.1) is 0 Å². The Labute approximate surface area is 182 Å². The highest BCUT2D eigenvalue weighted by atomic mass is 32.2.